The van der Waals surface area contributed by atoms with E-state index in [0.717, 1.165) is 0 Å². The molecule has 2 amide bonds. The van der Waals surface area contributed by atoms with Gasteiger partial charge in [-0.1, -0.05) is 13.8 Å². The van der Waals surface area contributed by atoms with Crippen LogP contribution in [0.25, 0.3) is 0 Å². The Labute approximate surface area is 117 Å². The molecule has 1 aromatic heterocycles. The summed E-state index contributed by atoms with van der Waals surface area (Å²) in [6, 6.07) is 2.41. The van der Waals surface area contributed by atoms with Crippen molar-refractivity contribution < 1.29 is 9.59 Å². The minimum atomic E-state index is -0.464. The normalized spacial score (nSPS) is 19.1. The van der Waals surface area contributed by atoms with Crippen LogP contribution in [0.1, 0.15) is 24.2 Å². The maximum Gasteiger partial charge on any atom is 0.256 e. The van der Waals surface area contributed by atoms with Crippen LogP contribution in [0.15, 0.2) is 23.1 Å². The fourth-order valence-corrected chi connectivity index (χ4v) is 2.46. The highest BCUT2D eigenvalue weighted by Crippen LogP contribution is 2.17. The number of nitrogens with one attached hydrogen (secondary N) is 1. The van der Waals surface area contributed by atoms with Crippen LogP contribution in [0.2, 0.25) is 0 Å². The third-order valence-corrected chi connectivity index (χ3v) is 3.48. The summed E-state index contributed by atoms with van der Waals surface area (Å²) in [4.78, 5) is 37.5. The topological polar surface area (TPSA) is 71.4 Å². The van der Waals surface area contributed by atoms with Gasteiger partial charge in [0.1, 0.15) is 6.04 Å². The number of hydrogen-bond acceptors (Lipinski definition) is 3. The van der Waals surface area contributed by atoms with Crippen LogP contribution in [0.4, 0.5) is 0 Å². The Kier molecular flexibility index (Phi) is 3.92. The maximum atomic E-state index is 12.6. The van der Waals surface area contributed by atoms with Gasteiger partial charge < -0.3 is 14.8 Å². The lowest BCUT2D eigenvalue weighted by Crippen LogP contribution is -2.59. The number of rotatable bonds is 2. The predicted octanol–water partition coefficient (Wildman–Crippen LogP) is -0.0181. The van der Waals surface area contributed by atoms with Gasteiger partial charge in [0.2, 0.25) is 11.5 Å². The molecule has 1 aliphatic heterocycles. The third-order valence-electron chi connectivity index (χ3n) is 3.48. The van der Waals surface area contributed by atoms with Crippen molar-refractivity contribution in [1.82, 2.24) is 14.8 Å². The molecule has 0 bridgehead atoms. The summed E-state index contributed by atoms with van der Waals surface area (Å²) in [5.74, 6) is -0.301. The summed E-state index contributed by atoms with van der Waals surface area (Å²) in [7, 11) is 1.60. The first-order valence-electron chi connectivity index (χ1n) is 6.67. The Balaban J connectivity index is 2.32. The number of pyridine rings is 1. The average molecular weight is 277 g/mol. The zero-order chi connectivity index (χ0) is 14.9. The highest BCUT2D eigenvalue weighted by molar-refractivity contribution is 5.98. The Morgan fingerprint density at radius 2 is 2.05 bits per heavy atom. The van der Waals surface area contributed by atoms with Crippen LogP contribution in [-0.2, 0) is 11.8 Å². The highest BCUT2D eigenvalue weighted by Gasteiger charge is 2.35. The largest absolute Gasteiger partial charge is 0.353 e. The van der Waals surface area contributed by atoms with Crippen LogP contribution in [0.5, 0.6) is 0 Å². The molecule has 1 saturated heterocycles. The molecule has 0 radical (unpaired) electrons. The lowest BCUT2D eigenvalue weighted by molar-refractivity contribution is -0.129. The second-order valence-corrected chi connectivity index (χ2v) is 5.35. The molecule has 2 rings (SSSR count). The number of hydrogen-bond donors (Lipinski definition) is 1. The zero-order valence-electron chi connectivity index (χ0n) is 11.9. The number of carbonyl (C=O) groups is 2. The molecule has 1 aromatic rings. The van der Waals surface area contributed by atoms with Gasteiger partial charge in [-0.05, 0) is 12.0 Å². The Bertz CT molecular complexity index is 592. The zero-order valence-corrected chi connectivity index (χ0v) is 11.9. The monoisotopic (exact) mass is 277 g/mol. The van der Waals surface area contributed by atoms with Crippen molar-refractivity contribution in [2.45, 2.75) is 19.9 Å². The fourth-order valence-electron chi connectivity index (χ4n) is 2.46. The fraction of sp³-hybridized carbons (Fsp3) is 0.500. The second kappa shape index (κ2) is 5.48. The van der Waals surface area contributed by atoms with Crippen LogP contribution < -0.4 is 10.9 Å². The molecule has 0 saturated carbocycles. The number of aromatic nitrogens is 1. The van der Waals surface area contributed by atoms with Gasteiger partial charge in [-0.15, -0.1) is 0 Å². The van der Waals surface area contributed by atoms with Gasteiger partial charge in [-0.2, -0.15) is 0 Å². The molecule has 20 heavy (non-hydrogen) atoms. The van der Waals surface area contributed by atoms with E-state index in [4.69, 9.17) is 0 Å². The van der Waals surface area contributed by atoms with Crippen molar-refractivity contribution in [2.24, 2.45) is 13.0 Å². The Morgan fingerprint density at radius 3 is 2.65 bits per heavy atom. The molecular formula is C14H19N3O3. The van der Waals surface area contributed by atoms with E-state index in [1.165, 1.54) is 22.9 Å². The maximum absolute atomic E-state index is 12.6. The molecule has 6 nitrogen and oxygen atoms in total. The van der Waals surface area contributed by atoms with Crippen LogP contribution in [0.3, 0.4) is 0 Å². The van der Waals surface area contributed by atoms with Gasteiger partial charge in [0, 0.05) is 32.4 Å². The molecule has 0 spiro atoms. The molecule has 0 unspecified atom stereocenters. The van der Waals surface area contributed by atoms with Crippen molar-refractivity contribution in [3.05, 3.63) is 34.2 Å². The lowest BCUT2D eigenvalue weighted by atomic mass is 9.99. The number of nitrogens with zero attached hydrogens (tertiary/aromatic N) is 2. The van der Waals surface area contributed by atoms with Gasteiger partial charge in [0.25, 0.3) is 5.91 Å². The van der Waals surface area contributed by atoms with Crippen molar-refractivity contribution in [3.8, 4) is 0 Å². The van der Waals surface area contributed by atoms with E-state index in [2.05, 4.69) is 5.32 Å². The van der Waals surface area contributed by atoms with Crippen LogP contribution >= 0.6 is 0 Å². The molecule has 1 fully saturated rings. The van der Waals surface area contributed by atoms with Gasteiger partial charge in [-0.25, -0.2) is 0 Å². The van der Waals surface area contributed by atoms with Crippen LogP contribution in [-0.4, -0.2) is 40.4 Å². The Hall–Kier alpha value is -2.11. The summed E-state index contributed by atoms with van der Waals surface area (Å²) in [6.07, 6.45) is 1.51. The van der Waals surface area contributed by atoms with E-state index in [0.29, 0.717) is 18.7 Å². The van der Waals surface area contributed by atoms with E-state index in [1.54, 1.807) is 11.9 Å². The lowest BCUT2D eigenvalue weighted by Gasteiger charge is -2.37. The second-order valence-electron chi connectivity index (χ2n) is 5.35. The summed E-state index contributed by atoms with van der Waals surface area (Å²) in [5, 5.41) is 2.78. The molecule has 1 aliphatic rings. The predicted molar refractivity (Wildman–Crippen MR) is 74.4 cm³/mol. The molecule has 108 valence electrons. The first-order chi connectivity index (χ1) is 9.41. The molecule has 0 aliphatic carbocycles. The van der Waals surface area contributed by atoms with Crippen molar-refractivity contribution in [1.29, 1.82) is 0 Å². The summed E-state index contributed by atoms with van der Waals surface area (Å²) >= 11 is 0. The minimum absolute atomic E-state index is 0.0341. The average Bonchev–Trinajstić information content (AvgIpc) is 2.40. The number of aryl methyl sites for hydroxylation is 1. The minimum Gasteiger partial charge on any atom is -0.353 e. The van der Waals surface area contributed by atoms with Gasteiger partial charge >= 0.3 is 0 Å². The molecule has 1 N–H and O–H groups in total. The molecular weight excluding hydrogens is 258 g/mol. The number of amides is 2. The Morgan fingerprint density at radius 1 is 1.35 bits per heavy atom. The van der Waals surface area contributed by atoms with Gasteiger partial charge in [0.05, 0.1) is 5.56 Å². The van der Waals surface area contributed by atoms with Crippen molar-refractivity contribution in [2.75, 3.05) is 13.1 Å². The van der Waals surface area contributed by atoms with Crippen LogP contribution in [0, 0.1) is 5.92 Å². The van der Waals surface area contributed by atoms with Crippen molar-refractivity contribution in [3.63, 3.8) is 0 Å². The first kappa shape index (κ1) is 14.3. The highest BCUT2D eigenvalue weighted by atomic mass is 16.2. The molecule has 6 heteroatoms. The van der Waals surface area contributed by atoms with Gasteiger partial charge in [-0.3, -0.25) is 14.4 Å². The smallest absolute Gasteiger partial charge is 0.256 e. The summed E-state index contributed by atoms with van der Waals surface area (Å²) in [5.41, 5.74) is 0.255. The van der Waals surface area contributed by atoms with E-state index in [1.807, 2.05) is 13.8 Å². The van der Waals surface area contributed by atoms with Gasteiger partial charge in [0.15, 0.2) is 0 Å². The SMILES string of the molecule is CC(C)[C@@H]1C(=O)NCCN1C(=O)c1ccc(=O)n(C)c1. The standard InChI is InChI=1S/C14H19N3O3/c1-9(2)12-13(19)15-6-7-17(12)14(20)10-4-5-11(18)16(3)8-10/h4-5,8-9,12H,6-7H2,1-3H3,(H,15,19)/t12-/m1/s1. The molecule has 1 atom stereocenters. The van der Waals surface area contributed by atoms with E-state index in [9.17, 15) is 14.4 Å². The van der Waals surface area contributed by atoms with Crippen molar-refractivity contribution >= 4 is 11.8 Å². The third kappa shape index (κ3) is 2.59. The summed E-state index contributed by atoms with van der Waals surface area (Å²) in [6.45, 7) is 4.77. The number of piperazine rings is 1. The summed E-state index contributed by atoms with van der Waals surface area (Å²) < 4.78 is 1.36. The molecule has 0 aromatic carbocycles. The number of carbonyl (C=O) groups excluding carboxylic acids is 2. The van der Waals surface area contributed by atoms with E-state index >= 15 is 0 Å². The van der Waals surface area contributed by atoms with E-state index in [-0.39, 0.29) is 23.3 Å². The van der Waals surface area contributed by atoms with E-state index < -0.39 is 6.04 Å². The quantitative estimate of drug-likeness (QED) is 0.826. The first-order valence-corrected chi connectivity index (χ1v) is 6.67. The molecule has 2 heterocycles.